The molecule has 0 radical (unpaired) electrons. The monoisotopic (exact) mass is 248 g/mol. The fourth-order valence-electron chi connectivity index (χ4n) is 2.70. The van der Waals surface area contributed by atoms with Crippen molar-refractivity contribution in [1.82, 2.24) is 4.90 Å². The molecule has 1 aliphatic heterocycles. The summed E-state index contributed by atoms with van der Waals surface area (Å²) >= 11 is 0. The van der Waals surface area contributed by atoms with Crippen molar-refractivity contribution in [3.8, 4) is 5.75 Å². The largest absolute Gasteiger partial charge is 0.492 e. The molecule has 1 aromatic rings. The molecule has 1 unspecified atom stereocenters. The van der Waals surface area contributed by atoms with Crippen LogP contribution in [0.15, 0.2) is 18.2 Å². The first-order chi connectivity index (χ1) is 8.76. The van der Waals surface area contributed by atoms with E-state index in [1.165, 1.54) is 18.4 Å². The molecular formula is C15H24N2O. The van der Waals surface area contributed by atoms with Gasteiger partial charge in [-0.2, -0.15) is 0 Å². The van der Waals surface area contributed by atoms with Gasteiger partial charge in [0.05, 0.1) is 0 Å². The SMILES string of the molecule is CCCN(CCC)C1COc2cccc(N)c2C1. The van der Waals surface area contributed by atoms with Crippen LogP contribution in [0.4, 0.5) is 5.69 Å². The Morgan fingerprint density at radius 3 is 2.67 bits per heavy atom. The zero-order chi connectivity index (χ0) is 13.0. The molecule has 18 heavy (non-hydrogen) atoms. The second-order valence-corrected chi connectivity index (χ2v) is 5.03. The van der Waals surface area contributed by atoms with Crippen LogP contribution in [0.25, 0.3) is 0 Å². The third kappa shape index (κ3) is 2.78. The van der Waals surface area contributed by atoms with E-state index in [1.54, 1.807) is 0 Å². The number of nitrogens with zero attached hydrogens (tertiary/aromatic N) is 1. The molecule has 0 fully saturated rings. The quantitative estimate of drug-likeness (QED) is 0.814. The van der Waals surface area contributed by atoms with Crippen molar-refractivity contribution in [2.24, 2.45) is 0 Å². The van der Waals surface area contributed by atoms with Crippen LogP contribution >= 0.6 is 0 Å². The van der Waals surface area contributed by atoms with Gasteiger partial charge in [-0.1, -0.05) is 19.9 Å². The van der Waals surface area contributed by atoms with Crippen molar-refractivity contribution in [2.75, 3.05) is 25.4 Å². The van der Waals surface area contributed by atoms with Gasteiger partial charge in [0.15, 0.2) is 0 Å². The van der Waals surface area contributed by atoms with Crippen LogP contribution < -0.4 is 10.5 Å². The van der Waals surface area contributed by atoms with E-state index >= 15 is 0 Å². The van der Waals surface area contributed by atoms with E-state index in [0.29, 0.717) is 6.04 Å². The Bertz CT molecular complexity index is 386. The lowest BCUT2D eigenvalue weighted by Gasteiger charge is -2.35. The van der Waals surface area contributed by atoms with Crippen LogP contribution in [-0.4, -0.2) is 30.6 Å². The predicted molar refractivity (Wildman–Crippen MR) is 76.0 cm³/mol. The molecule has 0 amide bonds. The van der Waals surface area contributed by atoms with E-state index in [9.17, 15) is 0 Å². The third-order valence-corrected chi connectivity index (χ3v) is 3.58. The minimum Gasteiger partial charge on any atom is -0.492 e. The first kappa shape index (κ1) is 13.2. The zero-order valence-corrected chi connectivity index (χ0v) is 11.5. The van der Waals surface area contributed by atoms with Gasteiger partial charge in [-0.15, -0.1) is 0 Å². The first-order valence-corrected chi connectivity index (χ1v) is 7.00. The Balaban J connectivity index is 2.12. The molecule has 1 aromatic carbocycles. The Hall–Kier alpha value is -1.22. The highest BCUT2D eigenvalue weighted by Gasteiger charge is 2.25. The van der Waals surface area contributed by atoms with Gasteiger partial charge in [0, 0.05) is 17.3 Å². The normalized spacial score (nSPS) is 18.5. The number of hydrogen-bond donors (Lipinski definition) is 1. The number of fused-ring (bicyclic) bond motifs is 1. The molecule has 1 heterocycles. The first-order valence-electron chi connectivity index (χ1n) is 7.00. The fourth-order valence-corrected chi connectivity index (χ4v) is 2.70. The van der Waals surface area contributed by atoms with Crippen molar-refractivity contribution in [3.05, 3.63) is 23.8 Å². The van der Waals surface area contributed by atoms with E-state index in [2.05, 4.69) is 18.7 Å². The number of rotatable bonds is 5. The van der Waals surface area contributed by atoms with Gasteiger partial charge >= 0.3 is 0 Å². The Labute approximate surface area is 110 Å². The van der Waals surface area contributed by atoms with Gasteiger partial charge in [-0.05, 0) is 44.5 Å². The number of benzene rings is 1. The summed E-state index contributed by atoms with van der Waals surface area (Å²) in [6.07, 6.45) is 3.39. The van der Waals surface area contributed by atoms with Crippen molar-refractivity contribution in [1.29, 1.82) is 0 Å². The highest BCUT2D eigenvalue weighted by molar-refractivity contribution is 5.55. The lowest BCUT2D eigenvalue weighted by molar-refractivity contribution is 0.119. The average Bonchev–Trinajstić information content (AvgIpc) is 2.39. The highest BCUT2D eigenvalue weighted by atomic mass is 16.5. The second-order valence-electron chi connectivity index (χ2n) is 5.03. The van der Waals surface area contributed by atoms with Gasteiger partial charge in [-0.25, -0.2) is 0 Å². The molecular weight excluding hydrogens is 224 g/mol. The minimum absolute atomic E-state index is 0.474. The lowest BCUT2D eigenvalue weighted by Crippen LogP contribution is -2.44. The second kappa shape index (κ2) is 6.10. The summed E-state index contributed by atoms with van der Waals surface area (Å²) in [5.74, 6) is 0.971. The minimum atomic E-state index is 0.474. The van der Waals surface area contributed by atoms with Crippen LogP contribution in [0.3, 0.4) is 0 Å². The molecule has 100 valence electrons. The molecule has 0 aliphatic carbocycles. The third-order valence-electron chi connectivity index (χ3n) is 3.58. The van der Waals surface area contributed by atoms with Crippen LogP contribution in [-0.2, 0) is 6.42 Å². The zero-order valence-electron chi connectivity index (χ0n) is 11.5. The number of ether oxygens (including phenoxy) is 1. The van der Waals surface area contributed by atoms with Crippen LogP contribution in [0.1, 0.15) is 32.3 Å². The Kier molecular flexibility index (Phi) is 4.48. The molecule has 1 atom stereocenters. The van der Waals surface area contributed by atoms with E-state index in [1.807, 2.05) is 18.2 Å². The smallest absolute Gasteiger partial charge is 0.124 e. The fraction of sp³-hybridized carbons (Fsp3) is 0.600. The predicted octanol–water partition coefficient (Wildman–Crippen LogP) is 2.69. The van der Waals surface area contributed by atoms with Gasteiger partial charge in [0.2, 0.25) is 0 Å². The molecule has 3 heteroatoms. The molecule has 0 saturated heterocycles. The number of hydrogen-bond acceptors (Lipinski definition) is 3. The van der Waals surface area contributed by atoms with E-state index in [-0.39, 0.29) is 0 Å². The summed E-state index contributed by atoms with van der Waals surface area (Å²) in [5, 5.41) is 0. The van der Waals surface area contributed by atoms with Gasteiger partial charge in [0.1, 0.15) is 12.4 Å². The van der Waals surface area contributed by atoms with Gasteiger partial charge < -0.3 is 10.5 Å². The van der Waals surface area contributed by atoms with Crippen molar-refractivity contribution >= 4 is 5.69 Å². The molecule has 0 aromatic heterocycles. The lowest BCUT2D eigenvalue weighted by atomic mass is 9.99. The van der Waals surface area contributed by atoms with Crippen molar-refractivity contribution in [3.63, 3.8) is 0 Å². The summed E-state index contributed by atoms with van der Waals surface area (Å²) in [7, 11) is 0. The molecule has 2 rings (SSSR count). The summed E-state index contributed by atoms with van der Waals surface area (Å²) in [5.41, 5.74) is 8.11. The summed E-state index contributed by atoms with van der Waals surface area (Å²) in [6, 6.07) is 6.42. The van der Waals surface area contributed by atoms with E-state index in [0.717, 1.165) is 37.6 Å². The maximum absolute atomic E-state index is 6.05. The van der Waals surface area contributed by atoms with Crippen LogP contribution in [0.2, 0.25) is 0 Å². The summed E-state index contributed by atoms with van der Waals surface area (Å²) in [4.78, 5) is 2.54. The maximum atomic E-state index is 6.05. The Morgan fingerprint density at radius 2 is 2.00 bits per heavy atom. The molecule has 1 aliphatic rings. The van der Waals surface area contributed by atoms with Crippen molar-refractivity contribution < 1.29 is 4.74 Å². The van der Waals surface area contributed by atoms with Crippen LogP contribution in [0.5, 0.6) is 5.75 Å². The number of nitrogen functional groups attached to an aromatic ring is 1. The van der Waals surface area contributed by atoms with Crippen molar-refractivity contribution in [2.45, 2.75) is 39.2 Å². The van der Waals surface area contributed by atoms with Crippen LogP contribution in [0, 0.1) is 0 Å². The highest BCUT2D eigenvalue weighted by Crippen LogP contribution is 2.30. The number of anilines is 1. The van der Waals surface area contributed by atoms with E-state index < -0.39 is 0 Å². The topological polar surface area (TPSA) is 38.5 Å². The Morgan fingerprint density at radius 1 is 1.28 bits per heavy atom. The van der Waals surface area contributed by atoms with E-state index in [4.69, 9.17) is 10.5 Å². The molecule has 0 spiro atoms. The maximum Gasteiger partial charge on any atom is 0.124 e. The molecule has 0 saturated carbocycles. The summed E-state index contributed by atoms with van der Waals surface area (Å²) < 4.78 is 5.87. The van der Waals surface area contributed by atoms with Gasteiger partial charge in [0.25, 0.3) is 0 Å². The van der Waals surface area contributed by atoms with Gasteiger partial charge in [-0.3, -0.25) is 4.90 Å². The average molecular weight is 248 g/mol. The number of nitrogens with two attached hydrogens (primary N) is 1. The summed E-state index contributed by atoms with van der Waals surface area (Å²) in [6.45, 7) is 7.54. The standard InChI is InChI=1S/C15H24N2O/c1-3-8-17(9-4-2)12-10-13-14(16)6-5-7-15(13)18-11-12/h5-7,12H,3-4,8-11,16H2,1-2H3. The molecule has 0 bridgehead atoms. The molecule has 2 N–H and O–H groups in total. The molecule has 3 nitrogen and oxygen atoms in total.